The Morgan fingerprint density at radius 1 is 1.29 bits per heavy atom. The van der Waals surface area contributed by atoms with Crippen molar-refractivity contribution in [3.05, 3.63) is 47.3 Å². The van der Waals surface area contributed by atoms with Crippen molar-refractivity contribution in [2.75, 3.05) is 13.1 Å². The number of aromatic nitrogens is 3. The van der Waals surface area contributed by atoms with Crippen molar-refractivity contribution in [3.8, 4) is 0 Å². The van der Waals surface area contributed by atoms with Gasteiger partial charge in [-0.25, -0.2) is 4.68 Å². The van der Waals surface area contributed by atoms with Crippen LogP contribution in [-0.2, 0) is 6.18 Å². The second kappa shape index (κ2) is 4.96. The minimum absolute atomic E-state index is 0.0846. The van der Waals surface area contributed by atoms with Crippen molar-refractivity contribution in [3.63, 3.8) is 0 Å². The molecule has 2 aromatic rings. The highest BCUT2D eigenvalue weighted by atomic mass is 19.4. The van der Waals surface area contributed by atoms with Gasteiger partial charge in [-0.15, -0.1) is 5.10 Å². The van der Waals surface area contributed by atoms with E-state index in [4.69, 9.17) is 0 Å². The first-order valence-corrected chi connectivity index (χ1v) is 6.30. The molecule has 1 aliphatic rings. The number of benzene rings is 1. The number of hydrogen-bond acceptors (Lipinski definition) is 4. The van der Waals surface area contributed by atoms with Crippen LogP contribution in [-0.4, -0.2) is 33.9 Å². The molecule has 0 unspecified atom stereocenters. The summed E-state index contributed by atoms with van der Waals surface area (Å²) in [5.74, 6) is -0.776. The fourth-order valence-electron chi connectivity index (χ4n) is 2.09. The minimum atomic E-state index is -4.58. The van der Waals surface area contributed by atoms with Gasteiger partial charge in [0.2, 0.25) is 5.78 Å². The lowest BCUT2D eigenvalue weighted by molar-refractivity contribution is -0.137. The fraction of sp³-hybridized carbons (Fsp3) is 0.308. The van der Waals surface area contributed by atoms with E-state index in [2.05, 4.69) is 15.6 Å². The maximum atomic E-state index is 12.9. The lowest BCUT2D eigenvalue weighted by Crippen LogP contribution is -2.43. The van der Waals surface area contributed by atoms with Gasteiger partial charge in [0.25, 0.3) is 0 Å². The molecule has 2 heterocycles. The van der Waals surface area contributed by atoms with Crippen LogP contribution in [0.1, 0.15) is 27.7 Å². The molecular weight excluding hydrogens is 285 g/mol. The van der Waals surface area contributed by atoms with Crippen LogP contribution in [0, 0.1) is 0 Å². The Kier molecular flexibility index (Phi) is 3.25. The predicted molar refractivity (Wildman–Crippen MR) is 66.8 cm³/mol. The van der Waals surface area contributed by atoms with Gasteiger partial charge in [0, 0.05) is 18.7 Å². The summed E-state index contributed by atoms with van der Waals surface area (Å²) < 4.78 is 40.3. The molecule has 1 fully saturated rings. The maximum Gasteiger partial charge on any atom is 0.417 e. The van der Waals surface area contributed by atoms with E-state index in [-0.39, 0.29) is 11.7 Å². The van der Waals surface area contributed by atoms with E-state index in [1.54, 1.807) is 0 Å². The zero-order valence-corrected chi connectivity index (χ0v) is 10.8. The Balaban J connectivity index is 1.93. The highest BCUT2D eigenvalue weighted by molar-refractivity contribution is 6.08. The van der Waals surface area contributed by atoms with E-state index in [1.165, 1.54) is 23.0 Å². The molecule has 0 atom stereocenters. The molecule has 0 spiro atoms. The molecule has 3 rings (SSSR count). The van der Waals surface area contributed by atoms with Gasteiger partial charge in [-0.2, -0.15) is 13.2 Å². The number of ketones is 1. The third-order valence-electron chi connectivity index (χ3n) is 3.35. The standard InChI is InChI=1S/C13H11F3N4O/c14-13(15,16)10-4-2-1-3-9(10)12(21)11-7-20(19-18-11)8-5-17-6-8/h1-4,7-8,17H,5-6H2. The average Bonchev–Trinajstić information content (AvgIpc) is 2.84. The van der Waals surface area contributed by atoms with E-state index < -0.39 is 23.1 Å². The zero-order chi connectivity index (χ0) is 15.0. The second-order valence-electron chi connectivity index (χ2n) is 4.77. The summed E-state index contributed by atoms with van der Waals surface area (Å²) in [4.78, 5) is 12.2. The summed E-state index contributed by atoms with van der Waals surface area (Å²) >= 11 is 0. The summed E-state index contributed by atoms with van der Waals surface area (Å²) in [6.45, 7) is 1.41. The molecule has 21 heavy (non-hydrogen) atoms. The Labute approximate surface area is 117 Å². The third kappa shape index (κ3) is 2.54. The molecule has 1 aromatic carbocycles. The van der Waals surface area contributed by atoms with E-state index in [0.29, 0.717) is 13.1 Å². The van der Waals surface area contributed by atoms with Crippen molar-refractivity contribution in [1.82, 2.24) is 20.3 Å². The first-order chi connectivity index (χ1) is 9.97. The van der Waals surface area contributed by atoms with Crippen LogP contribution in [0.2, 0.25) is 0 Å². The number of halogens is 3. The molecule has 0 amide bonds. The topological polar surface area (TPSA) is 59.8 Å². The highest BCUT2D eigenvalue weighted by Gasteiger charge is 2.35. The summed E-state index contributed by atoms with van der Waals surface area (Å²) in [5.41, 5.74) is -1.46. The molecule has 1 N–H and O–H groups in total. The monoisotopic (exact) mass is 296 g/mol. The molecular formula is C13H11F3N4O. The normalized spacial score (nSPS) is 15.8. The number of nitrogens with zero attached hydrogens (tertiary/aromatic N) is 3. The van der Waals surface area contributed by atoms with Crippen LogP contribution in [0.15, 0.2) is 30.5 Å². The maximum absolute atomic E-state index is 12.9. The molecule has 0 radical (unpaired) electrons. The first kappa shape index (κ1) is 13.7. The molecule has 0 bridgehead atoms. The summed E-state index contributed by atoms with van der Waals surface area (Å²) in [5, 5.41) is 10.5. The largest absolute Gasteiger partial charge is 0.417 e. The molecule has 1 saturated heterocycles. The minimum Gasteiger partial charge on any atom is -0.312 e. The number of nitrogens with one attached hydrogen (secondary N) is 1. The zero-order valence-electron chi connectivity index (χ0n) is 10.8. The Bertz CT molecular complexity index is 676. The number of rotatable bonds is 3. The van der Waals surface area contributed by atoms with E-state index in [9.17, 15) is 18.0 Å². The van der Waals surface area contributed by atoms with Crippen LogP contribution >= 0.6 is 0 Å². The first-order valence-electron chi connectivity index (χ1n) is 6.30. The Hall–Kier alpha value is -2.22. The third-order valence-corrected chi connectivity index (χ3v) is 3.35. The number of hydrogen-bond donors (Lipinski definition) is 1. The van der Waals surface area contributed by atoms with Crippen molar-refractivity contribution >= 4 is 5.78 Å². The number of alkyl halides is 3. The number of carbonyl (C=O) groups excluding carboxylic acids is 1. The van der Waals surface area contributed by atoms with Gasteiger partial charge in [-0.05, 0) is 6.07 Å². The van der Waals surface area contributed by atoms with Crippen LogP contribution in [0.3, 0.4) is 0 Å². The van der Waals surface area contributed by atoms with Gasteiger partial charge >= 0.3 is 6.18 Å². The Morgan fingerprint density at radius 2 is 2.00 bits per heavy atom. The quantitative estimate of drug-likeness (QED) is 0.875. The van der Waals surface area contributed by atoms with E-state index in [1.807, 2.05) is 0 Å². The van der Waals surface area contributed by atoms with Gasteiger partial charge in [-0.3, -0.25) is 4.79 Å². The van der Waals surface area contributed by atoms with Crippen LogP contribution in [0.25, 0.3) is 0 Å². The van der Waals surface area contributed by atoms with Crippen molar-refractivity contribution in [2.45, 2.75) is 12.2 Å². The molecule has 0 saturated carbocycles. The van der Waals surface area contributed by atoms with E-state index in [0.717, 1.165) is 12.1 Å². The van der Waals surface area contributed by atoms with Crippen molar-refractivity contribution in [1.29, 1.82) is 0 Å². The van der Waals surface area contributed by atoms with Gasteiger partial charge < -0.3 is 5.32 Å². The van der Waals surface area contributed by atoms with Crippen LogP contribution < -0.4 is 5.32 Å². The van der Waals surface area contributed by atoms with Crippen LogP contribution in [0.5, 0.6) is 0 Å². The summed E-state index contributed by atoms with van der Waals surface area (Å²) in [7, 11) is 0. The van der Waals surface area contributed by atoms with Crippen molar-refractivity contribution < 1.29 is 18.0 Å². The van der Waals surface area contributed by atoms with Crippen molar-refractivity contribution in [2.24, 2.45) is 0 Å². The highest BCUT2D eigenvalue weighted by Crippen LogP contribution is 2.32. The smallest absolute Gasteiger partial charge is 0.312 e. The Morgan fingerprint density at radius 3 is 2.62 bits per heavy atom. The molecule has 8 heteroatoms. The van der Waals surface area contributed by atoms with E-state index >= 15 is 0 Å². The lowest BCUT2D eigenvalue weighted by atomic mass is 10.0. The molecule has 5 nitrogen and oxygen atoms in total. The summed E-state index contributed by atoms with van der Waals surface area (Å²) in [6.07, 6.45) is -3.19. The van der Waals surface area contributed by atoms with Gasteiger partial charge in [0.05, 0.1) is 17.8 Å². The molecule has 1 aromatic heterocycles. The fourth-order valence-corrected chi connectivity index (χ4v) is 2.09. The molecule has 0 aliphatic carbocycles. The SMILES string of the molecule is O=C(c1cn(C2CNC2)nn1)c1ccccc1C(F)(F)F. The van der Waals surface area contributed by atoms with Gasteiger partial charge in [-0.1, -0.05) is 23.4 Å². The average molecular weight is 296 g/mol. The molecule has 110 valence electrons. The lowest BCUT2D eigenvalue weighted by Gasteiger charge is -2.26. The van der Waals surface area contributed by atoms with Crippen LogP contribution in [0.4, 0.5) is 13.2 Å². The second-order valence-corrected chi connectivity index (χ2v) is 4.77. The molecule has 1 aliphatic heterocycles. The van der Waals surface area contributed by atoms with Gasteiger partial charge in [0.15, 0.2) is 5.69 Å². The predicted octanol–water partition coefficient (Wildman–Crippen LogP) is 1.67. The number of carbonyl (C=O) groups is 1. The van der Waals surface area contributed by atoms with Gasteiger partial charge in [0.1, 0.15) is 0 Å². The summed E-state index contributed by atoms with van der Waals surface area (Å²) in [6, 6.07) is 4.76.